The lowest BCUT2D eigenvalue weighted by Crippen LogP contribution is -2.20. The number of carbonyl (C=O) groups is 1. The smallest absolute Gasteiger partial charge is 0.342 e. The zero-order chi connectivity index (χ0) is 9.42. The molecule has 1 aliphatic heterocycles. The van der Waals surface area contributed by atoms with Gasteiger partial charge in [-0.2, -0.15) is 0 Å². The first-order valence-corrected chi connectivity index (χ1v) is 4.19. The van der Waals surface area contributed by atoms with Gasteiger partial charge < -0.3 is 9.84 Å². The maximum atomic E-state index is 11.3. The Hall–Kier alpha value is -1.51. The topological polar surface area (TPSA) is 46.5 Å². The highest BCUT2D eigenvalue weighted by Crippen LogP contribution is 2.31. The Labute approximate surface area is 76.0 Å². The highest BCUT2D eigenvalue weighted by molar-refractivity contribution is 5.95. The van der Waals surface area contributed by atoms with Crippen LogP contribution in [-0.4, -0.2) is 17.7 Å². The number of hydrogen-bond donors (Lipinski definition) is 1. The van der Waals surface area contributed by atoms with Crippen LogP contribution in [0.2, 0.25) is 0 Å². The Morgan fingerprint density at radius 3 is 3.00 bits per heavy atom. The Balaban J connectivity index is 2.63. The maximum Gasteiger partial charge on any atom is 0.342 e. The summed E-state index contributed by atoms with van der Waals surface area (Å²) < 4.78 is 4.90. The lowest BCUT2D eigenvalue weighted by Gasteiger charge is -2.21. The van der Waals surface area contributed by atoms with Crippen molar-refractivity contribution in [2.24, 2.45) is 0 Å². The van der Waals surface area contributed by atoms with Crippen LogP contribution >= 0.6 is 0 Å². The first kappa shape index (κ1) is 8.10. The van der Waals surface area contributed by atoms with Crippen molar-refractivity contribution in [2.45, 2.75) is 12.8 Å². The molecule has 0 aliphatic carbocycles. The van der Waals surface area contributed by atoms with Crippen molar-refractivity contribution in [2.75, 3.05) is 6.61 Å². The van der Waals surface area contributed by atoms with Crippen molar-refractivity contribution in [1.82, 2.24) is 0 Å². The third-order valence-corrected chi connectivity index (χ3v) is 2.27. The summed E-state index contributed by atoms with van der Waals surface area (Å²) >= 11 is 0. The standard InChI is InChI=1S/C10H10O3/c1-6-5-13-10(12)9-7(6)3-2-4-8(9)11/h2-4,6,11H,5H2,1H3. The van der Waals surface area contributed by atoms with E-state index in [0.717, 1.165) is 5.56 Å². The van der Waals surface area contributed by atoms with Crippen LogP contribution in [0, 0.1) is 0 Å². The summed E-state index contributed by atoms with van der Waals surface area (Å²) in [6, 6.07) is 5.08. The quantitative estimate of drug-likeness (QED) is 0.614. The molecule has 1 atom stereocenters. The van der Waals surface area contributed by atoms with E-state index in [-0.39, 0.29) is 11.7 Å². The molecule has 3 nitrogen and oxygen atoms in total. The van der Waals surface area contributed by atoms with Crippen LogP contribution in [0.5, 0.6) is 5.75 Å². The van der Waals surface area contributed by atoms with Gasteiger partial charge in [0, 0.05) is 5.92 Å². The van der Waals surface area contributed by atoms with Crippen molar-refractivity contribution in [1.29, 1.82) is 0 Å². The number of phenols is 1. The molecule has 1 heterocycles. The van der Waals surface area contributed by atoms with E-state index in [9.17, 15) is 9.90 Å². The highest BCUT2D eigenvalue weighted by atomic mass is 16.5. The van der Waals surface area contributed by atoms with Crippen LogP contribution < -0.4 is 0 Å². The average Bonchev–Trinajstić information content (AvgIpc) is 2.12. The van der Waals surface area contributed by atoms with Crippen LogP contribution in [0.3, 0.4) is 0 Å². The Morgan fingerprint density at radius 2 is 2.31 bits per heavy atom. The van der Waals surface area contributed by atoms with Gasteiger partial charge in [-0.05, 0) is 11.6 Å². The minimum absolute atomic E-state index is 0.00838. The molecular formula is C10H10O3. The van der Waals surface area contributed by atoms with Gasteiger partial charge in [-0.1, -0.05) is 19.1 Å². The number of rotatable bonds is 0. The lowest BCUT2D eigenvalue weighted by molar-refractivity contribution is 0.0444. The Kier molecular flexibility index (Phi) is 1.72. The molecule has 1 aromatic rings. The zero-order valence-electron chi connectivity index (χ0n) is 7.28. The molecule has 0 bridgehead atoms. The first-order chi connectivity index (χ1) is 6.20. The van der Waals surface area contributed by atoms with E-state index in [1.807, 2.05) is 13.0 Å². The summed E-state index contributed by atoms with van der Waals surface area (Å²) in [6.07, 6.45) is 0. The molecule has 68 valence electrons. The molecule has 0 spiro atoms. The van der Waals surface area contributed by atoms with Gasteiger partial charge in [0.2, 0.25) is 0 Å². The molecular weight excluding hydrogens is 168 g/mol. The fraction of sp³-hybridized carbons (Fsp3) is 0.300. The van der Waals surface area contributed by atoms with Crippen molar-refractivity contribution in [3.8, 4) is 5.75 Å². The molecule has 1 unspecified atom stereocenters. The summed E-state index contributed by atoms with van der Waals surface area (Å²) in [5.74, 6) is -0.250. The van der Waals surface area contributed by atoms with Gasteiger partial charge >= 0.3 is 5.97 Å². The van der Waals surface area contributed by atoms with E-state index in [1.165, 1.54) is 6.07 Å². The zero-order valence-corrected chi connectivity index (χ0v) is 7.28. The molecule has 0 fully saturated rings. The third-order valence-electron chi connectivity index (χ3n) is 2.27. The van der Waals surface area contributed by atoms with Gasteiger partial charge in [-0.25, -0.2) is 4.79 Å². The van der Waals surface area contributed by atoms with Crippen molar-refractivity contribution >= 4 is 5.97 Å². The van der Waals surface area contributed by atoms with E-state index in [2.05, 4.69) is 0 Å². The van der Waals surface area contributed by atoms with Gasteiger partial charge in [0.25, 0.3) is 0 Å². The van der Waals surface area contributed by atoms with Gasteiger partial charge in [0.15, 0.2) is 0 Å². The van der Waals surface area contributed by atoms with Crippen LogP contribution in [0.4, 0.5) is 0 Å². The number of benzene rings is 1. The van der Waals surface area contributed by atoms with Crippen molar-refractivity contribution in [3.05, 3.63) is 29.3 Å². The molecule has 3 heteroatoms. The lowest BCUT2D eigenvalue weighted by atomic mass is 9.94. The van der Waals surface area contributed by atoms with E-state index in [4.69, 9.17) is 4.74 Å². The minimum atomic E-state index is -0.425. The monoisotopic (exact) mass is 178 g/mol. The normalized spacial score (nSPS) is 20.7. The number of esters is 1. The molecule has 13 heavy (non-hydrogen) atoms. The van der Waals surface area contributed by atoms with Gasteiger partial charge in [-0.15, -0.1) is 0 Å². The SMILES string of the molecule is CC1COC(=O)c2c(O)cccc21. The fourth-order valence-electron chi connectivity index (χ4n) is 1.55. The first-order valence-electron chi connectivity index (χ1n) is 4.19. The summed E-state index contributed by atoms with van der Waals surface area (Å²) in [5.41, 5.74) is 1.19. The summed E-state index contributed by atoms with van der Waals surface area (Å²) in [5, 5.41) is 9.44. The fourth-order valence-corrected chi connectivity index (χ4v) is 1.55. The van der Waals surface area contributed by atoms with Gasteiger partial charge in [-0.3, -0.25) is 0 Å². The molecule has 0 aromatic heterocycles. The molecule has 0 amide bonds. The second-order valence-electron chi connectivity index (χ2n) is 3.24. The van der Waals surface area contributed by atoms with E-state index in [0.29, 0.717) is 12.2 Å². The molecule has 1 aromatic carbocycles. The molecule has 1 aliphatic rings. The van der Waals surface area contributed by atoms with Crippen LogP contribution in [0.1, 0.15) is 28.8 Å². The highest BCUT2D eigenvalue weighted by Gasteiger charge is 2.26. The maximum absolute atomic E-state index is 11.3. The predicted molar refractivity (Wildman–Crippen MR) is 46.8 cm³/mol. The largest absolute Gasteiger partial charge is 0.507 e. The number of fused-ring (bicyclic) bond motifs is 1. The number of phenolic OH excluding ortho intramolecular Hbond substituents is 1. The van der Waals surface area contributed by atoms with E-state index < -0.39 is 5.97 Å². The third kappa shape index (κ3) is 1.16. The number of cyclic esters (lactones) is 1. The number of hydrogen-bond acceptors (Lipinski definition) is 3. The second-order valence-corrected chi connectivity index (χ2v) is 3.24. The van der Waals surface area contributed by atoms with Crippen molar-refractivity contribution < 1.29 is 14.6 Å². The number of aromatic hydroxyl groups is 1. The Bertz CT molecular complexity index is 357. The van der Waals surface area contributed by atoms with Crippen LogP contribution in [-0.2, 0) is 4.74 Å². The number of ether oxygens (including phenoxy) is 1. The molecule has 0 radical (unpaired) electrons. The van der Waals surface area contributed by atoms with Crippen LogP contribution in [0.25, 0.3) is 0 Å². The van der Waals surface area contributed by atoms with Crippen molar-refractivity contribution in [3.63, 3.8) is 0 Å². The number of carbonyl (C=O) groups excluding carboxylic acids is 1. The summed E-state index contributed by atoms with van der Waals surface area (Å²) in [7, 11) is 0. The second kappa shape index (κ2) is 2.76. The average molecular weight is 178 g/mol. The summed E-state index contributed by atoms with van der Waals surface area (Å²) in [4.78, 5) is 11.3. The molecule has 0 saturated heterocycles. The van der Waals surface area contributed by atoms with Gasteiger partial charge in [0.1, 0.15) is 11.3 Å². The summed E-state index contributed by atoms with van der Waals surface area (Å²) in [6.45, 7) is 2.36. The predicted octanol–water partition coefficient (Wildman–Crippen LogP) is 1.67. The Morgan fingerprint density at radius 1 is 1.54 bits per heavy atom. The van der Waals surface area contributed by atoms with Crippen LogP contribution in [0.15, 0.2) is 18.2 Å². The molecule has 2 rings (SSSR count). The molecule has 1 N–H and O–H groups in total. The van der Waals surface area contributed by atoms with E-state index in [1.54, 1.807) is 6.07 Å². The van der Waals surface area contributed by atoms with Gasteiger partial charge in [0.05, 0.1) is 6.61 Å². The van der Waals surface area contributed by atoms with E-state index >= 15 is 0 Å². The molecule has 0 saturated carbocycles. The minimum Gasteiger partial charge on any atom is -0.507 e.